The van der Waals surface area contributed by atoms with Crippen molar-refractivity contribution >= 4 is 17.3 Å². The van der Waals surface area contributed by atoms with Gasteiger partial charge in [0.2, 0.25) is 0 Å². The van der Waals surface area contributed by atoms with Gasteiger partial charge in [0.15, 0.2) is 0 Å². The van der Waals surface area contributed by atoms with Gasteiger partial charge in [-0.25, -0.2) is 0 Å². The van der Waals surface area contributed by atoms with E-state index in [1.54, 1.807) is 12.1 Å². The highest BCUT2D eigenvalue weighted by atomic mass is 16.6. The van der Waals surface area contributed by atoms with Gasteiger partial charge >= 0.3 is 0 Å². The van der Waals surface area contributed by atoms with E-state index in [4.69, 9.17) is 0 Å². The van der Waals surface area contributed by atoms with E-state index in [-0.39, 0.29) is 22.6 Å². The maximum atomic E-state index is 13.5. The van der Waals surface area contributed by atoms with Crippen molar-refractivity contribution in [3.8, 4) is 0 Å². The zero-order chi connectivity index (χ0) is 23.2. The molecule has 0 radical (unpaired) electrons. The molecule has 1 saturated heterocycles. The van der Waals surface area contributed by atoms with Gasteiger partial charge < -0.3 is 4.90 Å². The van der Waals surface area contributed by atoms with Crippen molar-refractivity contribution in [2.45, 2.75) is 38.8 Å². The Labute approximate surface area is 194 Å². The third kappa shape index (κ3) is 5.29. The highest BCUT2D eigenvalue weighted by Gasteiger charge is 2.30. The minimum absolute atomic E-state index is 0.0111. The summed E-state index contributed by atoms with van der Waals surface area (Å²) in [5, 5.41) is 11.4. The number of rotatable bonds is 7. The fourth-order valence-electron chi connectivity index (χ4n) is 4.51. The Morgan fingerprint density at radius 1 is 0.970 bits per heavy atom. The number of nitrogens with zero attached hydrogens (tertiary/aromatic N) is 3. The molecule has 33 heavy (non-hydrogen) atoms. The lowest BCUT2D eigenvalue weighted by molar-refractivity contribution is -0.385. The van der Waals surface area contributed by atoms with Gasteiger partial charge in [-0.05, 0) is 49.1 Å². The highest BCUT2D eigenvalue weighted by Crippen LogP contribution is 2.28. The normalized spacial score (nSPS) is 14.7. The van der Waals surface area contributed by atoms with E-state index in [9.17, 15) is 14.9 Å². The molecule has 0 unspecified atom stereocenters. The third-order valence-corrected chi connectivity index (χ3v) is 6.37. The average Bonchev–Trinajstić information content (AvgIpc) is 2.86. The number of carbonyl (C=O) groups is 1. The van der Waals surface area contributed by atoms with Gasteiger partial charge in [0, 0.05) is 48.6 Å². The second kappa shape index (κ2) is 10.4. The molecule has 3 aromatic carbocycles. The van der Waals surface area contributed by atoms with E-state index >= 15 is 0 Å². The standard InChI is InChI=1S/C27H29N3O3/c1-2-21-12-14-24(15-13-21)29(27(31)22-8-4-3-5-9-22)25-16-18-28(19-17-25)20-23-10-6-7-11-26(23)30(32)33/h3-15,25H,2,16-20H2,1H3. The summed E-state index contributed by atoms with van der Waals surface area (Å²) in [6.45, 7) is 4.22. The fraction of sp³-hybridized carbons (Fsp3) is 0.296. The van der Waals surface area contributed by atoms with E-state index < -0.39 is 0 Å². The van der Waals surface area contributed by atoms with E-state index in [2.05, 4.69) is 24.0 Å². The number of carbonyl (C=O) groups excluding carboxylic acids is 1. The van der Waals surface area contributed by atoms with Crippen molar-refractivity contribution in [2.75, 3.05) is 18.0 Å². The second-order valence-electron chi connectivity index (χ2n) is 8.45. The number of anilines is 1. The van der Waals surface area contributed by atoms with Crippen LogP contribution in [0.15, 0.2) is 78.9 Å². The van der Waals surface area contributed by atoms with Crippen LogP contribution in [0.4, 0.5) is 11.4 Å². The summed E-state index contributed by atoms with van der Waals surface area (Å²) in [4.78, 5) is 28.8. The van der Waals surface area contributed by atoms with Crippen LogP contribution in [0, 0.1) is 10.1 Å². The zero-order valence-electron chi connectivity index (χ0n) is 18.9. The van der Waals surface area contributed by atoms with Crippen LogP contribution in [-0.4, -0.2) is 34.9 Å². The van der Waals surface area contributed by atoms with Crippen LogP contribution in [0.25, 0.3) is 0 Å². The van der Waals surface area contributed by atoms with Gasteiger partial charge in [-0.1, -0.05) is 55.5 Å². The van der Waals surface area contributed by atoms with Crippen molar-refractivity contribution < 1.29 is 9.72 Å². The lowest BCUT2D eigenvalue weighted by atomic mass is 9.99. The number of piperidine rings is 1. The first-order valence-electron chi connectivity index (χ1n) is 11.5. The molecule has 4 rings (SSSR count). The van der Waals surface area contributed by atoms with Crippen LogP contribution in [0.5, 0.6) is 0 Å². The van der Waals surface area contributed by atoms with Crippen molar-refractivity contribution in [1.82, 2.24) is 4.90 Å². The van der Waals surface area contributed by atoms with Gasteiger partial charge in [0.25, 0.3) is 11.6 Å². The summed E-state index contributed by atoms with van der Waals surface area (Å²) in [6, 6.07) is 24.7. The number of aryl methyl sites for hydroxylation is 1. The van der Waals surface area contributed by atoms with Gasteiger partial charge in [0.1, 0.15) is 0 Å². The van der Waals surface area contributed by atoms with Crippen molar-refractivity contribution in [3.05, 3.63) is 106 Å². The fourth-order valence-corrected chi connectivity index (χ4v) is 4.51. The molecule has 1 aliphatic rings. The monoisotopic (exact) mass is 443 g/mol. The van der Waals surface area contributed by atoms with Gasteiger partial charge in [-0.2, -0.15) is 0 Å². The lowest BCUT2D eigenvalue weighted by Gasteiger charge is -2.38. The first-order chi connectivity index (χ1) is 16.1. The summed E-state index contributed by atoms with van der Waals surface area (Å²) in [5.41, 5.74) is 3.73. The molecule has 1 amide bonds. The summed E-state index contributed by atoms with van der Waals surface area (Å²) in [7, 11) is 0. The zero-order valence-corrected chi connectivity index (χ0v) is 18.9. The first kappa shape index (κ1) is 22.7. The third-order valence-electron chi connectivity index (χ3n) is 6.37. The van der Waals surface area contributed by atoms with Crippen LogP contribution >= 0.6 is 0 Å². The number of nitro benzene ring substituents is 1. The number of likely N-dealkylation sites (tertiary alicyclic amines) is 1. The lowest BCUT2D eigenvalue weighted by Crippen LogP contribution is -2.47. The molecule has 0 spiro atoms. The predicted molar refractivity (Wildman–Crippen MR) is 130 cm³/mol. The van der Waals surface area contributed by atoms with Crippen molar-refractivity contribution in [2.24, 2.45) is 0 Å². The number of hydrogen-bond donors (Lipinski definition) is 0. The Kier molecular flexibility index (Phi) is 7.15. The smallest absolute Gasteiger partial charge is 0.273 e. The van der Waals surface area contributed by atoms with E-state index in [0.29, 0.717) is 12.1 Å². The van der Waals surface area contributed by atoms with Crippen LogP contribution in [-0.2, 0) is 13.0 Å². The molecule has 1 aliphatic heterocycles. The second-order valence-corrected chi connectivity index (χ2v) is 8.45. The Hall–Kier alpha value is -3.51. The number of nitro groups is 1. The van der Waals surface area contributed by atoms with Crippen molar-refractivity contribution in [3.63, 3.8) is 0 Å². The molecule has 1 heterocycles. The SMILES string of the molecule is CCc1ccc(N(C(=O)c2ccccc2)C2CCN(Cc3ccccc3[N+](=O)[O-])CC2)cc1. The summed E-state index contributed by atoms with van der Waals surface area (Å²) < 4.78 is 0. The molecule has 170 valence electrons. The first-order valence-corrected chi connectivity index (χ1v) is 11.5. The molecule has 0 atom stereocenters. The summed E-state index contributed by atoms with van der Waals surface area (Å²) >= 11 is 0. The molecule has 0 bridgehead atoms. The molecule has 0 N–H and O–H groups in total. The van der Waals surface area contributed by atoms with E-state index in [0.717, 1.165) is 43.6 Å². The summed E-state index contributed by atoms with van der Waals surface area (Å²) in [6.07, 6.45) is 2.58. The van der Waals surface area contributed by atoms with Crippen LogP contribution in [0.2, 0.25) is 0 Å². The molecular formula is C27H29N3O3. The van der Waals surface area contributed by atoms with Crippen LogP contribution in [0.1, 0.15) is 41.3 Å². The minimum atomic E-state index is -0.317. The number of amides is 1. The molecule has 0 saturated carbocycles. The maximum absolute atomic E-state index is 13.5. The molecule has 3 aromatic rings. The van der Waals surface area contributed by atoms with Crippen molar-refractivity contribution in [1.29, 1.82) is 0 Å². The summed E-state index contributed by atoms with van der Waals surface area (Å²) in [5.74, 6) is 0.0111. The Balaban J connectivity index is 1.52. The molecule has 1 fully saturated rings. The van der Waals surface area contributed by atoms with Gasteiger partial charge in [0.05, 0.1) is 4.92 Å². The maximum Gasteiger partial charge on any atom is 0.273 e. The van der Waals surface area contributed by atoms with Crippen LogP contribution in [0.3, 0.4) is 0 Å². The quantitative estimate of drug-likeness (QED) is 0.359. The number of benzene rings is 3. The Morgan fingerprint density at radius 2 is 1.61 bits per heavy atom. The van der Waals surface area contributed by atoms with E-state index in [1.807, 2.05) is 59.5 Å². The number of para-hydroxylation sites is 1. The van der Waals surface area contributed by atoms with Gasteiger partial charge in [-0.3, -0.25) is 19.8 Å². The van der Waals surface area contributed by atoms with Gasteiger partial charge in [-0.15, -0.1) is 0 Å². The van der Waals surface area contributed by atoms with E-state index in [1.165, 1.54) is 5.56 Å². The minimum Gasteiger partial charge on any atom is -0.305 e. The molecule has 0 aliphatic carbocycles. The predicted octanol–water partition coefficient (Wildman–Crippen LogP) is 5.47. The Bertz CT molecular complexity index is 1090. The molecule has 0 aromatic heterocycles. The molecule has 6 heteroatoms. The average molecular weight is 444 g/mol. The number of hydrogen-bond acceptors (Lipinski definition) is 4. The topological polar surface area (TPSA) is 66.7 Å². The molecular weight excluding hydrogens is 414 g/mol. The van der Waals surface area contributed by atoms with Crippen LogP contribution < -0.4 is 4.90 Å². The molecule has 6 nitrogen and oxygen atoms in total. The Morgan fingerprint density at radius 3 is 2.24 bits per heavy atom. The highest BCUT2D eigenvalue weighted by molar-refractivity contribution is 6.06. The largest absolute Gasteiger partial charge is 0.305 e.